The van der Waals surface area contributed by atoms with Gasteiger partial charge in [-0.05, 0) is 35.7 Å². The van der Waals surface area contributed by atoms with E-state index in [1.165, 1.54) is 5.56 Å². The number of benzene rings is 3. The Morgan fingerprint density at radius 3 is 2.32 bits per heavy atom. The third kappa shape index (κ3) is 5.74. The molecule has 0 aliphatic carbocycles. The third-order valence-electron chi connectivity index (χ3n) is 7.51. The Kier molecular flexibility index (Phi) is 8.05. The van der Waals surface area contributed by atoms with Crippen LogP contribution in [0.2, 0.25) is 0 Å². The lowest BCUT2D eigenvalue weighted by molar-refractivity contribution is -0.134. The molecule has 0 radical (unpaired) electrons. The van der Waals surface area contributed by atoms with Crippen LogP contribution in [0.25, 0.3) is 0 Å². The quantitative estimate of drug-likeness (QED) is 0.445. The van der Waals surface area contributed by atoms with Gasteiger partial charge in [-0.25, -0.2) is 5.01 Å². The zero-order valence-corrected chi connectivity index (χ0v) is 22.5. The van der Waals surface area contributed by atoms with Crippen molar-refractivity contribution >= 4 is 11.6 Å². The average Bonchev–Trinajstić information content (AvgIpc) is 3.40. The maximum Gasteiger partial charge on any atom is 0.257 e. The van der Waals surface area contributed by atoms with Crippen LogP contribution < -0.4 is 9.47 Å². The molecule has 7 nitrogen and oxygen atoms in total. The molecule has 0 spiro atoms. The number of carbonyl (C=O) groups is 1. The van der Waals surface area contributed by atoms with Crippen molar-refractivity contribution in [2.45, 2.75) is 25.9 Å². The van der Waals surface area contributed by atoms with Gasteiger partial charge in [-0.1, -0.05) is 54.6 Å². The van der Waals surface area contributed by atoms with Crippen molar-refractivity contribution in [1.29, 1.82) is 0 Å². The molecule has 0 aromatic heterocycles. The fraction of sp³-hybridized carbons (Fsp3) is 0.355. The van der Waals surface area contributed by atoms with Gasteiger partial charge in [-0.15, -0.1) is 0 Å². The van der Waals surface area contributed by atoms with Crippen LogP contribution in [0.3, 0.4) is 0 Å². The van der Waals surface area contributed by atoms with Crippen molar-refractivity contribution in [3.63, 3.8) is 0 Å². The van der Waals surface area contributed by atoms with Gasteiger partial charge in [0.2, 0.25) is 0 Å². The fourth-order valence-corrected chi connectivity index (χ4v) is 5.35. The predicted molar refractivity (Wildman–Crippen MR) is 150 cm³/mol. The van der Waals surface area contributed by atoms with Crippen molar-refractivity contribution in [2.24, 2.45) is 5.10 Å². The number of nitrogens with zero attached hydrogens (tertiary/aromatic N) is 4. The second-order valence-corrected chi connectivity index (χ2v) is 9.97. The predicted octanol–water partition coefficient (Wildman–Crippen LogP) is 4.51. The minimum Gasteiger partial charge on any atom is -0.497 e. The van der Waals surface area contributed by atoms with Crippen molar-refractivity contribution < 1.29 is 14.3 Å². The van der Waals surface area contributed by atoms with Crippen LogP contribution in [-0.2, 0) is 11.3 Å². The topological polar surface area (TPSA) is 57.6 Å². The normalized spacial score (nSPS) is 18.3. The molecule has 2 heterocycles. The molecule has 0 saturated carbocycles. The Bertz CT molecular complexity index is 1290. The lowest BCUT2D eigenvalue weighted by Crippen LogP contribution is -2.49. The lowest BCUT2D eigenvalue weighted by Gasteiger charge is -2.35. The highest BCUT2D eigenvalue weighted by Crippen LogP contribution is 2.37. The van der Waals surface area contributed by atoms with Crippen molar-refractivity contribution in [3.8, 4) is 11.5 Å². The first-order chi connectivity index (χ1) is 18.6. The summed E-state index contributed by atoms with van der Waals surface area (Å²) in [6.07, 6.45) is 0.629. The van der Waals surface area contributed by atoms with E-state index < -0.39 is 0 Å². The minimum absolute atomic E-state index is 0.0252. The first-order valence-corrected chi connectivity index (χ1v) is 13.2. The van der Waals surface area contributed by atoms with Crippen LogP contribution in [0.1, 0.15) is 34.7 Å². The Labute approximate surface area is 225 Å². The zero-order chi connectivity index (χ0) is 26.5. The monoisotopic (exact) mass is 512 g/mol. The molecule has 1 fully saturated rings. The first kappa shape index (κ1) is 25.9. The third-order valence-corrected chi connectivity index (χ3v) is 7.51. The van der Waals surface area contributed by atoms with E-state index in [4.69, 9.17) is 14.6 Å². The van der Waals surface area contributed by atoms with Crippen LogP contribution in [0.15, 0.2) is 77.9 Å². The highest BCUT2D eigenvalue weighted by Gasteiger charge is 2.35. The van der Waals surface area contributed by atoms with Crippen molar-refractivity contribution in [2.75, 3.05) is 46.9 Å². The second-order valence-electron chi connectivity index (χ2n) is 9.97. The summed E-state index contributed by atoms with van der Waals surface area (Å²) in [5.74, 6) is 1.44. The number of aryl methyl sites for hydroxylation is 1. The number of rotatable bonds is 8. The van der Waals surface area contributed by atoms with Crippen LogP contribution >= 0.6 is 0 Å². The fourth-order valence-electron chi connectivity index (χ4n) is 5.35. The molecule has 2 aliphatic heterocycles. The molecule has 2 aliphatic rings. The second kappa shape index (κ2) is 11.8. The van der Waals surface area contributed by atoms with E-state index in [1.807, 2.05) is 36.4 Å². The van der Waals surface area contributed by atoms with Gasteiger partial charge in [0, 0.05) is 50.8 Å². The SMILES string of the molecule is COc1ccc(C2=NN(C(=O)CN3CCN(Cc4ccccc4)CC3)C(c3ccccc3C)C2)c(OC)c1. The van der Waals surface area contributed by atoms with Gasteiger partial charge in [0.1, 0.15) is 11.5 Å². The molecule has 0 bridgehead atoms. The Morgan fingerprint density at radius 1 is 0.895 bits per heavy atom. The van der Waals surface area contributed by atoms with E-state index in [0.717, 1.165) is 60.9 Å². The molecular weight excluding hydrogens is 476 g/mol. The molecule has 5 rings (SSSR count). The summed E-state index contributed by atoms with van der Waals surface area (Å²) in [5.41, 5.74) is 5.34. The van der Waals surface area contributed by atoms with E-state index in [9.17, 15) is 4.79 Å². The molecule has 1 atom stereocenters. The Balaban J connectivity index is 1.32. The van der Waals surface area contributed by atoms with Gasteiger partial charge in [0.25, 0.3) is 5.91 Å². The summed E-state index contributed by atoms with van der Waals surface area (Å²) in [5, 5.41) is 6.61. The van der Waals surface area contributed by atoms with E-state index in [1.54, 1.807) is 19.2 Å². The molecular formula is C31H36N4O3. The molecule has 1 unspecified atom stereocenters. The number of piperazine rings is 1. The number of hydrogen-bond acceptors (Lipinski definition) is 6. The average molecular weight is 513 g/mol. The minimum atomic E-state index is -0.148. The Morgan fingerprint density at radius 2 is 1.61 bits per heavy atom. The number of methoxy groups -OCH3 is 2. The van der Waals surface area contributed by atoms with Gasteiger partial charge in [0.15, 0.2) is 0 Å². The van der Waals surface area contributed by atoms with Crippen LogP contribution in [-0.4, -0.2) is 73.4 Å². The molecule has 7 heteroatoms. The van der Waals surface area contributed by atoms with Gasteiger partial charge in [-0.3, -0.25) is 14.6 Å². The number of amides is 1. The van der Waals surface area contributed by atoms with E-state index in [-0.39, 0.29) is 11.9 Å². The smallest absolute Gasteiger partial charge is 0.257 e. The summed E-state index contributed by atoms with van der Waals surface area (Å²) in [4.78, 5) is 18.4. The summed E-state index contributed by atoms with van der Waals surface area (Å²) >= 11 is 0. The van der Waals surface area contributed by atoms with Crippen LogP contribution in [0.5, 0.6) is 11.5 Å². The highest BCUT2D eigenvalue weighted by molar-refractivity contribution is 6.05. The lowest BCUT2D eigenvalue weighted by atomic mass is 9.95. The molecule has 3 aromatic rings. The summed E-state index contributed by atoms with van der Waals surface area (Å²) in [6, 6.07) is 24.4. The van der Waals surface area contributed by atoms with Crippen molar-refractivity contribution in [1.82, 2.24) is 14.8 Å². The molecule has 3 aromatic carbocycles. The van der Waals surface area contributed by atoms with Crippen LogP contribution in [0, 0.1) is 6.92 Å². The van der Waals surface area contributed by atoms with E-state index in [0.29, 0.717) is 18.7 Å². The molecule has 1 saturated heterocycles. The van der Waals surface area contributed by atoms with Crippen molar-refractivity contribution in [3.05, 3.63) is 95.1 Å². The molecule has 0 N–H and O–H groups in total. The summed E-state index contributed by atoms with van der Waals surface area (Å²) < 4.78 is 11.0. The largest absolute Gasteiger partial charge is 0.497 e. The highest BCUT2D eigenvalue weighted by atomic mass is 16.5. The van der Waals surface area contributed by atoms with Crippen LogP contribution in [0.4, 0.5) is 0 Å². The van der Waals surface area contributed by atoms with Gasteiger partial charge < -0.3 is 9.47 Å². The number of hydrogen-bond donors (Lipinski definition) is 0. The van der Waals surface area contributed by atoms with E-state index in [2.05, 4.69) is 53.1 Å². The summed E-state index contributed by atoms with van der Waals surface area (Å²) in [7, 11) is 3.28. The van der Waals surface area contributed by atoms with Gasteiger partial charge in [0.05, 0.1) is 32.5 Å². The van der Waals surface area contributed by atoms with Gasteiger partial charge >= 0.3 is 0 Å². The standard InChI is InChI=1S/C31H36N4O3/c1-23-9-7-8-12-26(23)29-20-28(27-14-13-25(37-2)19-30(27)38-3)32-35(29)31(36)22-34-17-15-33(16-18-34)21-24-10-5-4-6-11-24/h4-14,19,29H,15-18,20-22H2,1-3H3. The maximum absolute atomic E-state index is 13.7. The molecule has 198 valence electrons. The van der Waals surface area contributed by atoms with Gasteiger partial charge in [-0.2, -0.15) is 5.10 Å². The first-order valence-electron chi connectivity index (χ1n) is 13.2. The number of hydrazone groups is 1. The number of ether oxygens (including phenoxy) is 2. The maximum atomic E-state index is 13.7. The summed E-state index contributed by atoms with van der Waals surface area (Å²) in [6.45, 7) is 7.02. The Hall–Kier alpha value is -3.68. The zero-order valence-electron chi connectivity index (χ0n) is 22.5. The van der Waals surface area contributed by atoms with E-state index >= 15 is 0 Å². The molecule has 38 heavy (non-hydrogen) atoms. The number of carbonyl (C=O) groups excluding carboxylic acids is 1. The molecule has 1 amide bonds.